The molecular formula is C13H17ClO2. The predicted octanol–water partition coefficient (Wildman–Crippen LogP) is 2.97. The molecule has 0 aromatic heterocycles. The number of ether oxygens (including phenoxy) is 1. The van der Waals surface area contributed by atoms with Gasteiger partial charge in [-0.25, -0.2) is 0 Å². The van der Waals surface area contributed by atoms with Gasteiger partial charge in [0.2, 0.25) is 0 Å². The van der Waals surface area contributed by atoms with Crippen LogP contribution in [0.4, 0.5) is 0 Å². The summed E-state index contributed by atoms with van der Waals surface area (Å²) in [6.07, 6.45) is 2.01. The standard InChI is InChI=1S/C13H17ClO2/c1-13(15,11-5-3-7-16-9-11)10-4-2-6-12(14)8-10/h2,4,6,8,11,15H,3,5,7,9H2,1H3. The van der Waals surface area contributed by atoms with Crippen molar-refractivity contribution in [2.45, 2.75) is 25.4 Å². The Morgan fingerprint density at radius 1 is 1.50 bits per heavy atom. The van der Waals surface area contributed by atoms with Crippen molar-refractivity contribution in [1.82, 2.24) is 0 Å². The van der Waals surface area contributed by atoms with E-state index in [1.165, 1.54) is 0 Å². The third-order valence-electron chi connectivity index (χ3n) is 3.36. The quantitative estimate of drug-likeness (QED) is 0.861. The van der Waals surface area contributed by atoms with Crippen molar-refractivity contribution in [3.05, 3.63) is 34.9 Å². The Hall–Kier alpha value is -0.570. The fourth-order valence-corrected chi connectivity index (χ4v) is 2.41. The topological polar surface area (TPSA) is 29.5 Å². The van der Waals surface area contributed by atoms with Gasteiger partial charge in [0.1, 0.15) is 0 Å². The van der Waals surface area contributed by atoms with Crippen LogP contribution in [-0.4, -0.2) is 18.3 Å². The van der Waals surface area contributed by atoms with E-state index in [0.717, 1.165) is 25.0 Å². The minimum atomic E-state index is -0.856. The molecule has 1 aliphatic heterocycles. The Balaban J connectivity index is 2.22. The summed E-state index contributed by atoms with van der Waals surface area (Å²) in [5, 5.41) is 11.3. The van der Waals surface area contributed by atoms with Crippen molar-refractivity contribution < 1.29 is 9.84 Å². The van der Waals surface area contributed by atoms with E-state index in [1.54, 1.807) is 0 Å². The van der Waals surface area contributed by atoms with E-state index in [-0.39, 0.29) is 5.92 Å². The fourth-order valence-electron chi connectivity index (χ4n) is 2.22. The highest BCUT2D eigenvalue weighted by Gasteiger charge is 2.35. The summed E-state index contributed by atoms with van der Waals surface area (Å²) < 4.78 is 5.43. The Morgan fingerprint density at radius 3 is 2.94 bits per heavy atom. The molecular weight excluding hydrogens is 224 g/mol. The van der Waals surface area contributed by atoms with Crippen molar-refractivity contribution in [1.29, 1.82) is 0 Å². The summed E-state index contributed by atoms with van der Waals surface area (Å²) in [5.74, 6) is 0.153. The van der Waals surface area contributed by atoms with Gasteiger partial charge < -0.3 is 9.84 Å². The highest BCUT2D eigenvalue weighted by Crippen LogP contribution is 2.35. The summed E-state index contributed by atoms with van der Waals surface area (Å²) in [7, 11) is 0. The van der Waals surface area contributed by atoms with Gasteiger partial charge >= 0.3 is 0 Å². The van der Waals surface area contributed by atoms with Crippen molar-refractivity contribution in [3.8, 4) is 0 Å². The molecule has 88 valence electrons. The van der Waals surface area contributed by atoms with Crippen LogP contribution in [0.1, 0.15) is 25.3 Å². The van der Waals surface area contributed by atoms with Gasteiger partial charge in [0.25, 0.3) is 0 Å². The van der Waals surface area contributed by atoms with Gasteiger partial charge in [0, 0.05) is 17.5 Å². The van der Waals surface area contributed by atoms with Crippen LogP contribution in [0.25, 0.3) is 0 Å². The van der Waals surface area contributed by atoms with E-state index in [4.69, 9.17) is 16.3 Å². The van der Waals surface area contributed by atoms with Gasteiger partial charge in [0.15, 0.2) is 0 Å². The van der Waals surface area contributed by atoms with Crippen LogP contribution in [0.2, 0.25) is 5.02 Å². The second-order valence-electron chi connectivity index (χ2n) is 4.57. The summed E-state index contributed by atoms with van der Waals surface area (Å²) in [4.78, 5) is 0. The SMILES string of the molecule is CC(O)(c1cccc(Cl)c1)C1CCCOC1. The summed E-state index contributed by atoms with van der Waals surface area (Å²) in [5.41, 5.74) is 0.0150. The van der Waals surface area contributed by atoms with Crippen LogP contribution in [0, 0.1) is 5.92 Å². The monoisotopic (exact) mass is 240 g/mol. The maximum atomic E-state index is 10.6. The predicted molar refractivity (Wildman–Crippen MR) is 64.6 cm³/mol. The molecule has 1 heterocycles. The Bertz CT molecular complexity index is 357. The number of aliphatic hydroxyl groups is 1. The molecule has 1 fully saturated rings. The molecule has 0 saturated carbocycles. The average molecular weight is 241 g/mol. The molecule has 0 aliphatic carbocycles. The van der Waals surface area contributed by atoms with E-state index in [9.17, 15) is 5.11 Å². The van der Waals surface area contributed by atoms with E-state index in [2.05, 4.69) is 0 Å². The lowest BCUT2D eigenvalue weighted by Gasteiger charge is -2.35. The molecule has 1 saturated heterocycles. The summed E-state index contributed by atoms with van der Waals surface area (Å²) >= 11 is 5.95. The van der Waals surface area contributed by atoms with Gasteiger partial charge in [-0.05, 0) is 37.5 Å². The van der Waals surface area contributed by atoms with Crippen molar-refractivity contribution in [2.24, 2.45) is 5.92 Å². The van der Waals surface area contributed by atoms with Crippen LogP contribution >= 0.6 is 11.6 Å². The smallest absolute Gasteiger partial charge is 0.0919 e. The molecule has 0 bridgehead atoms. The molecule has 2 nitrogen and oxygen atoms in total. The Labute approximate surface area is 101 Å². The lowest BCUT2D eigenvalue weighted by Crippen LogP contribution is -2.37. The molecule has 1 aliphatic rings. The second-order valence-corrected chi connectivity index (χ2v) is 5.01. The molecule has 0 radical (unpaired) electrons. The molecule has 16 heavy (non-hydrogen) atoms. The lowest BCUT2D eigenvalue weighted by atomic mass is 9.80. The van der Waals surface area contributed by atoms with Gasteiger partial charge in [-0.15, -0.1) is 0 Å². The number of halogens is 1. The van der Waals surface area contributed by atoms with Crippen LogP contribution in [0.5, 0.6) is 0 Å². The van der Waals surface area contributed by atoms with Crippen molar-refractivity contribution in [3.63, 3.8) is 0 Å². The van der Waals surface area contributed by atoms with E-state index in [0.29, 0.717) is 11.6 Å². The van der Waals surface area contributed by atoms with Crippen LogP contribution in [0.3, 0.4) is 0 Å². The lowest BCUT2D eigenvalue weighted by molar-refractivity contribution is -0.0723. The number of hydrogen-bond acceptors (Lipinski definition) is 2. The minimum absolute atomic E-state index is 0.153. The second kappa shape index (κ2) is 4.74. The maximum Gasteiger partial charge on any atom is 0.0919 e. The molecule has 1 N–H and O–H groups in total. The van der Waals surface area contributed by atoms with Crippen LogP contribution in [-0.2, 0) is 10.3 Å². The van der Waals surface area contributed by atoms with E-state index >= 15 is 0 Å². The molecule has 2 unspecified atom stereocenters. The van der Waals surface area contributed by atoms with E-state index < -0.39 is 5.60 Å². The largest absolute Gasteiger partial charge is 0.385 e. The molecule has 1 aromatic carbocycles. The minimum Gasteiger partial charge on any atom is -0.385 e. The van der Waals surface area contributed by atoms with E-state index in [1.807, 2.05) is 31.2 Å². The van der Waals surface area contributed by atoms with Crippen molar-refractivity contribution in [2.75, 3.05) is 13.2 Å². The molecule has 1 aromatic rings. The molecule has 0 spiro atoms. The Morgan fingerprint density at radius 2 is 2.31 bits per heavy atom. The molecule has 2 atom stereocenters. The van der Waals surface area contributed by atoms with Crippen LogP contribution in [0.15, 0.2) is 24.3 Å². The summed E-state index contributed by atoms with van der Waals surface area (Å²) in [6.45, 7) is 3.28. The van der Waals surface area contributed by atoms with Gasteiger partial charge in [-0.2, -0.15) is 0 Å². The molecule has 3 heteroatoms. The van der Waals surface area contributed by atoms with Gasteiger partial charge in [0.05, 0.1) is 12.2 Å². The van der Waals surface area contributed by atoms with Gasteiger partial charge in [-0.1, -0.05) is 23.7 Å². The first-order valence-electron chi connectivity index (χ1n) is 5.67. The summed E-state index contributed by atoms with van der Waals surface area (Å²) in [6, 6.07) is 7.44. The fraction of sp³-hybridized carbons (Fsp3) is 0.538. The zero-order chi connectivity index (χ0) is 11.6. The average Bonchev–Trinajstić information content (AvgIpc) is 2.30. The third-order valence-corrected chi connectivity index (χ3v) is 3.60. The third kappa shape index (κ3) is 2.40. The number of rotatable bonds is 2. The number of benzene rings is 1. The highest BCUT2D eigenvalue weighted by atomic mass is 35.5. The Kier molecular flexibility index (Phi) is 3.53. The first-order valence-corrected chi connectivity index (χ1v) is 6.04. The zero-order valence-corrected chi connectivity index (χ0v) is 10.2. The zero-order valence-electron chi connectivity index (χ0n) is 9.45. The van der Waals surface area contributed by atoms with Crippen molar-refractivity contribution >= 4 is 11.6 Å². The number of hydrogen-bond donors (Lipinski definition) is 1. The normalized spacial score (nSPS) is 25.1. The first kappa shape index (κ1) is 11.9. The maximum absolute atomic E-state index is 10.6. The first-order chi connectivity index (χ1) is 7.60. The van der Waals surface area contributed by atoms with Crippen LogP contribution < -0.4 is 0 Å². The highest BCUT2D eigenvalue weighted by molar-refractivity contribution is 6.30. The molecule has 0 amide bonds. The van der Waals surface area contributed by atoms with Gasteiger partial charge in [-0.3, -0.25) is 0 Å². The molecule has 2 rings (SSSR count).